The number of hydrogen-bond acceptors (Lipinski definition) is 4. The number of nitrogens with two attached hydrogens (primary N) is 1. The molecule has 1 atom stereocenters. The van der Waals surface area contributed by atoms with Crippen LogP contribution >= 0.6 is 0 Å². The molecule has 4 heteroatoms. The largest absolute Gasteiger partial charge is 0.493 e. The second kappa shape index (κ2) is 4.69. The molecule has 3 N–H and O–H groups in total. The molecule has 0 bridgehead atoms. The Morgan fingerprint density at radius 1 is 1.42 bits per heavy atom. The van der Waals surface area contributed by atoms with Crippen molar-refractivity contribution in [2.75, 3.05) is 31.6 Å². The second-order valence-corrected chi connectivity index (χ2v) is 5.69. The third kappa shape index (κ3) is 2.09. The van der Waals surface area contributed by atoms with Gasteiger partial charge in [-0.05, 0) is 43.4 Å². The Bertz CT molecular complexity index is 489. The number of aryl methyl sites for hydroxylation is 1. The van der Waals surface area contributed by atoms with Crippen LogP contribution < -0.4 is 15.4 Å². The molecule has 2 aliphatic heterocycles. The Hall–Kier alpha value is -1.26. The fourth-order valence-corrected chi connectivity index (χ4v) is 3.17. The van der Waals surface area contributed by atoms with Gasteiger partial charge in [-0.1, -0.05) is 0 Å². The van der Waals surface area contributed by atoms with Gasteiger partial charge in [-0.25, -0.2) is 0 Å². The van der Waals surface area contributed by atoms with E-state index in [-0.39, 0.29) is 6.54 Å². The molecular weight excluding hydrogens is 240 g/mol. The predicted octanol–water partition coefficient (Wildman–Crippen LogP) is 1.39. The van der Waals surface area contributed by atoms with Gasteiger partial charge in [0, 0.05) is 31.4 Å². The van der Waals surface area contributed by atoms with Gasteiger partial charge >= 0.3 is 0 Å². The van der Waals surface area contributed by atoms with Crippen LogP contribution in [0.2, 0.25) is 0 Å². The molecule has 19 heavy (non-hydrogen) atoms. The van der Waals surface area contributed by atoms with Crippen LogP contribution in [0.3, 0.4) is 0 Å². The summed E-state index contributed by atoms with van der Waals surface area (Å²) >= 11 is 0. The zero-order valence-corrected chi connectivity index (χ0v) is 11.5. The van der Waals surface area contributed by atoms with E-state index in [0.29, 0.717) is 13.0 Å². The second-order valence-electron chi connectivity index (χ2n) is 5.69. The molecule has 104 valence electrons. The van der Waals surface area contributed by atoms with Gasteiger partial charge in [0.15, 0.2) is 0 Å². The van der Waals surface area contributed by atoms with E-state index in [2.05, 4.69) is 24.1 Å². The highest BCUT2D eigenvalue weighted by atomic mass is 16.5. The Balaban J connectivity index is 2.14. The summed E-state index contributed by atoms with van der Waals surface area (Å²) in [4.78, 5) is 2.25. The van der Waals surface area contributed by atoms with E-state index in [0.717, 1.165) is 30.7 Å². The molecule has 1 unspecified atom stereocenters. The molecule has 2 aliphatic rings. The minimum atomic E-state index is -0.945. The number of benzene rings is 1. The predicted molar refractivity (Wildman–Crippen MR) is 75.7 cm³/mol. The maximum Gasteiger partial charge on any atom is 0.125 e. The fourth-order valence-electron chi connectivity index (χ4n) is 3.17. The van der Waals surface area contributed by atoms with Crippen molar-refractivity contribution >= 4 is 5.69 Å². The minimum Gasteiger partial charge on any atom is -0.493 e. The highest BCUT2D eigenvalue weighted by Gasteiger charge is 2.34. The zero-order valence-electron chi connectivity index (χ0n) is 11.5. The van der Waals surface area contributed by atoms with Gasteiger partial charge in [0.1, 0.15) is 11.4 Å². The van der Waals surface area contributed by atoms with Crippen molar-refractivity contribution in [2.45, 2.75) is 31.3 Å². The molecule has 0 fully saturated rings. The van der Waals surface area contributed by atoms with Gasteiger partial charge in [0.05, 0.1) is 6.61 Å². The summed E-state index contributed by atoms with van der Waals surface area (Å²) < 4.78 is 5.81. The number of nitrogens with zero attached hydrogens (tertiary/aromatic N) is 1. The lowest BCUT2D eigenvalue weighted by Gasteiger charge is -2.32. The van der Waals surface area contributed by atoms with Crippen molar-refractivity contribution in [2.24, 2.45) is 5.73 Å². The molecule has 1 aromatic rings. The van der Waals surface area contributed by atoms with Gasteiger partial charge in [-0.3, -0.25) is 0 Å². The Labute approximate surface area is 114 Å². The lowest BCUT2D eigenvalue weighted by atomic mass is 9.87. The first-order valence-electron chi connectivity index (χ1n) is 7.08. The van der Waals surface area contributed by atoms with Gasteiger partial charge in [-0.15, -0.1) is 0 Å². The first-order chi connectivity index (χ1) is 9.14. The highest BCUT2D eigenvalue weighted by molar-refractivity contribution is 5.62. The molecule has 0 aliphatic carbocycles. The number of ether oxygens (including phenoxy) is 1. The molecule has 4 nitrogen and oxygen atoms in total. The third-order valence-electron chi connectivity index (χ3n) is 4.36. The van der Waals surface area contributed by atoms with E-state index in [1.165, 1.54) is 17.7 Å². The van der Waals surface area contributed by atoms with Crippen LogP contribution in [0.25, 0.3) is 0 Å². The average molecular weight is 262 g/mol. The molecular formula is C15H22N2O2. The molecule has 0 spiro atoms. The summed E-state index contributed by atoms with van der Waals surface area (Å²) in [6, 6.07) is 4.19. The van der Waals surface area contributed by atoms with Crippen molar-refractivity contribution in [3.63, 3.8) is 0 Å². The molecule has 0 aromatic heterocycles. The fraction of sp³-hybridized carbons (Fsp3) is 0.600. The molecule has 0 saturated heterocycles. The SMILES string of the molecule is CN1CCCc2cc3c(cc21)C(O)(CN)CCCO3. The monoisotopic (exact) mass is 262 g/mol. The van der Waals surface area contributed by atoms with Gasteiger partial charge in [0.25, 0.3) is 0 Å². The normalized spacial score (nSPS) is 26.2. The van der Waals surface area contributed by atoms with E-state index < -0.39 is 5.60 Å². The molecule has 3 rings (SSSR count). The number of anilines is 1. The van der Waals surface area contributed by atoms with Crippen LogP contribution in [0.4, 0.5) is 5.69 Å². The van der Waals surface area contributed by atoms with E-state index in [9.17, 15) is 5.11 Å². The van der Waals surface area contributed by atoms with Crippen LogP contribution in [0.15, 0.2) is 12.1 Å². The summed E-state index contributed by atoms with van der Waals surface area (Å²) in [6.07, 6.45) is 3.75. The average Bonchev–Trinajstić information content (AvgIpc) is 2.58. The Morgan fingerprint density at radius 2 is 2.26 bits per heavy atom. The van der Waals surface area contributed by atoms with Crippen LogP contribution in [0, 0.1) is 0 Å². The lowest BCUT2D eigenvalue weighted by Crippen LogP contribution is -2.35. The van der Waals surface area contributed by atoms with Crippen LogP contribution in [-0.4, -0.2) is 31.9 Å². The summed E-state index contributed by atoms with van der Waals surface area (Å²) in [7, 11) is 2.10. The first-order valence-corrected chi connectivity index (χ1v) is 7.08. The van der Waals surface area contributed by atoms with Gasteiger partial charge < -0.3 is 20.5 Å². The standard InChI is InChI=1S/C15H22N2O2/c1-17-6-2-4-11-8-14-12(9-13(11)17)15(18,10-16)5-3-7-19-14/h8-9,18H,2-7,10,16H2,1H3. The van der Waals surface area contributed by atoms with Crippen LogP contribution in [-0.2, 0) is 12.0 Å². The first kappa shape index (κ1) is 12.8. The third-order valence-corrected chi connectivity index (χ3v) is 4.36. The maximum absolute atomic E-state index is 10.8. The smallest absolute Gasteiger partial charge is 0.125 e. The summed E-state index contributed by atoms with van der Waals surface area (Å²) in [5.41, 5.74) is 8.25. The van der Waals surface area contributed by atoms with Gasteiger partial charge in [0.2, 0.25) is 0 Å². The lowest BCUT2D eigenvalue weighted by molar-refractivity contribution is 0.0374. The number of hydrogen-bond donors (Lipinski definition) is 2. The van der Waals surface area contributed by atoms with Crippen LogP contribution in [0.1, 0.15) is 30.4 Å². The van der Waals surface area contributed by atoms with E-state index in [4.69, 9.17) is 10.5 Å². The molecule has 0 amide bonds. The molecule has 1 aromatic carbocycles. The van der Waals surface area contributed by atoms with Gasteiger partial charge in [-0.2, -0.15) is 0 Å². The van der Waals surface area contributed by atoms with Crippen LogP contribution in [0.5, 0.6) is 5.75 Å². The minimum absolute atomic E-state index is 0.242. The molecule has 0 saturated carbocycles. The van der Waals surface area contributed by atoms with E-state index in [1.807, 2.05) is 0 Å². The molecule has 0 radical (unpaired) electrons. The highest BCUT2D eigenvalue weighted by Crippen LogP contribution is 2.41. The van der Waals surface area contributed by atoms with Crippen molar-refractivity contribution in [3.05, 3.63) is 23.3 Å². The van der Waals surface area contributed by atoms with Crippen molar-refractivity contribution in [1.29, 1.82) is 0 Å². The number of rotatable bonds is 1. The topological polar surface area (TPSA) is 58.7 Å². The van der Waals surface area contributed by atoms with E-state index in [1.54, 1.807) is 0 Å². The summed E-state index contributed by atoms with van der Waals surface area (Å²) in [5, 5.41) is 10.8. The molecule has 2 heterocycles. The van der Waals surface area contributed by atoms with E-state index >= 15 is 0 Å². The zero-order chi connectivity index (χ0) is 13.5. The number of fused-ring (bicyclic) bond motifs is 2. The Kier molecular flexibility index (Phi) is 3.15. The van der Waals surface area contributed by atoms with Crippen molar-refractivity contribution in [3.8, 4) is 5.75 Å². The summed E-state index contributed by atoms with van der Waals surface area (Å²) in [5.74, 6) is 0.819. The quantitative estimate of drug-likeness (QED) is 0.803. The van der Waals surface area contributed by atoms with Crippen molar-refractivity contribution < 1.29 is 9.84 Å². The Morgan fingerprint density at radius 3 is 3.05 bits per heavy atom. The van der Waals surface area contributed by atoms with Crippen molar-refractivity contribution in [1.82, 2.24) is 0 Å². The summed E-state index contributed by atoms with van der Waals surface area (Å²) in [6.45, 7) is 1.96. The maximum atomic E-state index is 10.8. The number of aliphatic hydroxyl groups is 1.